The van der Waals surface area contributed by atoms with E-state index in [0.717, 1.165) is 52.3 Å². The van der Waals surface area contributed by atoms with Gasteiger partial charge in [0.1, 0.15) is 45.5 Å². The molecule has 300 valence electrons. The van der Waals surface area contributed by atoms with E-state index in [-0.39, 0.29) is 44.5 Å². The molecular formula is C46H42O9S3-2. The normalized spacial score (nSPS) is 12.2. The Hall–Kier alpha value is -5.37. The molecule has 6 aromatic carbocycles. The monoisotopic (exact) mass is 834 g/mol. The lowest BCUT2D eigenvalue weighted by Crippen LogP contribution is -2.18. The lowest BCUT2D eigenvalue weighted by molar-refractivity contribution is 0.363. The highest BCUT2D eigenvalue weighted by Crippen LogP contribution is 2.39. The molecule has 0 spiro atoms. The molecular weight excluding hydrogens is 793 g/mol. The van der Waals surface area contributed by atoms with Crippen molar-refractivity contribution >= 4 is 32.0 Å². The Morgan fingerprint density at radius 2 is 1.02 bits per heavy atom. The van der Waals surface area contributed by atoms with Crippen LogP contribution < -0.4 is 14.2 Å². The molecule has 0 saturated heterocycles. The largest absolute Gasteiger partial charge is 0.795 e. The first-order valence-corrected chi connectivity index (χ1v) is 21.8. The summed E-state index contributed by atoms with van der Waals surface area (Å²) in [6.07, 6.45) is 1.67. The van der Waals surface area contributed by atoms with E-state index in [1.807, 2.05) is 55.5 Å². The smallest absolute Gasteiger partial charge is 0.206 e. The molecule has 0 heterocycles. The van der Waals surface area contributed by atoms with Gasteiger partial charge in [-0.3, -0.25) is 0 Å². The summed E-state index contributed by atoms with van der Waals surface area (Å²) in [6.45, 7) is 14.4. The van der Waals surface area contributed by atoms with Crippen molar-refractivity contribution in [3.8, 4) is 28.7 Å². The van der Waals surface area contributed by atoms with Crippen LogP contribution in [0.15, 0.2) is 166 Å². The molecule has 0 saturated carbocycles. The maximum atomic E-state index is 13.8. The average molecular weight is 835 g/mol. The molecule has 9 nitrogen and oxygen atoms in total. The molecule has 6 rings (SSSR count). The van der Waals surface area contributed by atoms with E-state index < -0.39 is 35.2 Å². The Labute approximate surface area is 344 Å². The van der Waals surface area contributed by atoms with Gasteiger partial charge in [-0.25, -0.2) is 28.9 Å². The second-order valence-corrected chi connectivity index (χ2v) is 18.7. The Morgan fingerprint density at radius 1 is 0.603 bits per heavy atom. The number of ether oxygens (including phenoxy) is 3. The van der Waals surface area contributed by atoms with Gasteiger partial charge in [-0.1, -0.05) is 107 Å². The molecule has 0 radical (unpaired) electrons. The van der Waals surface area contributed by atoms with Crippen molar-refractivity contribution < 1.29 is 40.2 Å². The quantitative estimate of drug-likeness (QED) is 0.0557. The first-order valence-electron chi connectivity index (χ1n) is 18.2. The van der Waals surface area contributed by atoms with E-state index >= 15 is 0 Å². The minimum Gasteiger partial charge on any atom is -0.795 e. The Kier molecular flexibility index (Phi) is 12.3. The van der Waals surface area contributed by atoms with Crippen LogP contribution in [0.1, 0.15) is 55.5 Å². The molecule has 0 aliphatic carbocycles. The van der Waals surface area contributed by atoms with Crippen LogP contribution in [0.2, 0.25) is 0 Å². The van der Waals surface area contributed by atoms with E-state index in [0.29, 0.717) is 12.4 Å². The van der Waals surface area contributed by atoms with Crippen LogP contribution in [0.3, 0.4) is 0 Å². The van der Waals surface area contributed by atoms with Crippen molar-refractivity contribution in [2.45, 2.75) is 65.0 Å². The molecule has 0 aliphatic heterocycles. The maximum absolute atomic E-state index is 13.8. The Morgan fingerprint density at radius 3 is 1.47 bits per heavy atom. The third kappa shape index (κ3) is 9.17. The van der Waals surface area contributed by atoms with Gasteiger partial charge in [-0.15, -0.1) is 0 Å². The van der Waals surface area contributed by atoms with E-state index in [4.69, 9.17) is 14.2 Å². The SMILES string of the molecule is C=CCOc1ccc(C(C)(C)c2ccc(Oc3ccc(S(=O)(=O)c4ccc(Oc5ccc(C(C)(C)c6ccc(C)cc6)cc5)c(S[O-])c4)cc3S(=O)(=O)[O-])cc2)cc1. The molecule has 12 heteroatoms. The topological polar surface area (TPSA) is 142 Å². The van der Waals surface area contributed by atoms with Crippen LogP contribution >= 0.6 is 12.0 Å². The minimum atomic E-state index is -5.21. The van der Waals surface area contributed by atoms with Crippen LogP contribution in [-0.2, 0) is 30.8 Å². The molecule has 0 bridgehead atoms. The highest BCUT2D eigenvalue weighted by molar-refractivity contribution is 7.94. The van der Waals surface area contributed by atoms with E-state index in [1.54, 1.807) is 30.3 Å². The van der Waals surface area contributed by atoms with Gasteiger partial charge in [0, 0.05) is 15.7 Å². The summed E-state index contributed by atoms with van der Waals surface area (Å²) >= 11 is 0.0477. The van der Waals surface area contributed by atoms with Gasteiger partial charge in [-0.2, -0.15) is 0 Å². The second kappa shape index (κ2) is 16.8. The van der Waals surface area contributed by atoms with Gasteiger partial charge < -0.3 is 23.3 Å². The third-order valence-corrected chi connectivity index (χ3v) is 13.2. The first kappa shape index (κ1) is 42.2. The molecule has 6 aromatic rings. The van der Waals surface area contributed by atoms with Crippen molar-refractivity contribution in [1.29, 1.82) is 0 Å². The summed E-state index contributed by atoms with van der Waals surface area (Å²) < 4.78 is 94.6. The van der Waals surface area contributed by atoms with Crippen LogP contribution in [-0.4, -0.2) is 32.5 Å². The lowest BCUT2D eigenvalue weighted by Gasteiger charge is -2.26. The van der Waals surface area contributed by atoms with E-state index in [2.05, 4.69) is 58.5 Å². The summed E-state index contributed by atoms with van der Waals surface area (Å²) in [4.78, 5) is -1.64. The van der Waals surface area contributed by atoms with Crippen molar-refractivity contribution in [3.05, 3.63) is 174 Å². The van der Waals surface area contributed by atoms with Crippen molar-refractivity contribution in [2.24, 2.45) is 0 Å². The van der Waals surface area contributed by atoms with Gasteiger partial charge in [0.2, 0.25) is 9.84 Å². The summed E-state index contributed by atoms with van der Waals surface area (Å²) in [5.41, 5.74) is 4.62. The predicted molar refractivity (Wildman–Crippen MR) is 224 cm³/mol. The molecule has 0 aromatic heterocycles. The van der Waals surface area contributed by atoms with Gasteiger partial charge >= 0.3 is 0 Å². The summed E-state index contributed by atoms with van der Waals surface area (Å²) in [6, 6.07) is 37.2. The molecule has 0 aliphatic rings. The minimum absolute atomic E-state index is 0.0112. The van der Waals surface area contributed by atoms with E-state index in [1.165, 1.54) is 17.7 Å². The summed E-state index contributed by atoms with van der Waals surface area (Å²) in [5.74, 6) is 1.18. The van der Waals surface area contributed by atoms with Crippen LogP contribution in [0.5, 0.6) is 28.7 Å². The van der Waals surface area contributed by atoms with Gasteiger partial charge in [0.05, 0.1) is 14.7 Å². The third-order valence-electron chi connectivity index (χ3n) is 10.1. The summed E-state index contributed by atoms with van der Waals surface area (Å²) in [7, 11) is -9.63. The number of hydrogen-bond donors (Lipinski definition) is 0. The fraction of sp³-hybridized carbons (Fsp3) is 0.174. The van der Waals surface area contributed by atoms with Crippen molar-refractivity contribution in [2.75, 3.05) is 6.61 Å². The molecule has 0 amide bonds. The molecule has 0 fully saturated rings. The number of rotatable bonds is 15. The van der Waals surface area contributed by atoms with Gasteiger partial charge in [0.15, 0.2) is 0 Å². The zero-order chi connectivity index (χ0) is 41.9. The molecule has 0 atom stereocenters. The summed E-state index contributed by atoms with van der Waals surface area (Å²) in [5, 5.41) is 0. The highest BCUT2D eigenvalue weighted by atomic mass is 32.2. The number of aryl methyl sites for hydroxylation is 1. The van der Waals surface area contributed by atoms with Crippen LogP contribution in [0.4, 0.5) is 0 Å². The highest BCUT2D eigenvalue weighted by Gasteiger charge is 2.26. The van der Waals surface area contributed by atoms with E-state index in [9.17, 15) is 25.9 Å². The van der Waals surface area contributed by atoms with Crippen molar-refractivity contribution in [1.82, 2.24) is 0 Å². The number of benzene rings is 6. The van der Waals surface area contributed by atoms with Crippen LogP contribution in [0.25, 0.3) is 0 Å². The van der Waals surface area contributed by atoms with Gasteiger partial charge in [-0.05, 0) is 102 Å². The second-order valence-electron chi connectivity index (χ2n) is 14.8. The lowest BCUT2D eigenvalue weighted by atomic mass is 9.78. The Bertz CT molecular complexity index is 2630. The van der Waals surface area contributed by atoms with Gasteiger partial charge in [0.25, 0.3) is 0 Å². The standard InChI is InChI=1S/C46H44O9S3/c1-7-28-53-36-18-12-33(13-19-36)46(5,6)35-16-22-38(23-17-35)55-42-27-25-40(30-44(42)58(50,51)52)57(48,49)39-24-26-41(43(29-39)56-47)54-37-20-14-34(15-21-37)45(3,4)32-10-8-31(2)9-11-32/h7-27,29-30,47H,1,28H2,2-6H3,(H,50,51,52)/p-2. The fourth-order valence-corrected chi connectivity index (χ4v) is 8.89. The molecule has 0 unspecified atom stereocenters. The fourth-order valence-electron chi connectivity index (χ4n) is 6.44. The maximum Gasteiger partial charge on any atom is 0.206 e. The predicted octanol–water partition coefficient (Wildman–Crippen LogP) is 10.8. The Balaban J connectivity index is 1.20. The first-order chi connectivity index (χ1) is 27.4. The number of hydrogen-bond acceptors (Lipinski definition) is 10. The molecule has 0 N–H and O–H groups in total. The van der Waals surface area contributed by atoms with Crippen LogP contribution in [0, 0.1) is 6.92 Å². The zero-order valence-corrected chi connectivity index (χ0v) is 35.0. The number of sulfone groups is 1. The van der Waals surface area contributed by atoms with Crippen molar-refractivity contribution in [3.63, 3.8) is 0 Å². The average Bonchev–Trinajstić information content (AvgIpc) is 3.20. The molecule has 58 heavy (non-hydrogen) atoms. The zero-order valence-electron chi connectivity index (χ0n) is 32.6.